The molecule has 112 valence electrons. The second-order valence-electron chi connectivity index (χ2n) is 4.82. The number of aliphatic carboxylic acids is 1. The molecule has 0 spiro atoms. The van der Waals surface area contributed by atoms with E-state index in [9.17, 15) is 9.59 Å². The van der Waals surface area contributed by atoms with Crippen LogP contribution in [0.15, 0.2) is 0 Å². The molecule has 7 heteroatoms. The zero-order valence-electron chi connectivity index (χ0n) is 12.0. The fourth-order valence-electron chi connectivity index (χ4n) is 1.26. The van der Waals surface area contributed by atoms with Crippen LogP contribution < -0.4 is 10.6 Å². The van der Waals surface area contributed by atoms with E-state index in [1.165, 1.54) is 0 Å². The SMILES string of the molecule is COCCCC(NC(=O)NCC(C)(C)SC)C(=O)O. The first-order chi connectivity index (χ1) is 8.82. The minimum absolute atomic E-state index is 0.0773. The molecule has 3 N–H and O–H groups in total. The molecule has 19 heavy (non-hydrogen) atoms. The number of thioether (sulfide) groups is 1. The lowest BCUT2D eigenvalue weighted by Crippen LogP contribution is -2.48. The Labute approximate surface area is 118 Å². The third-order valence-electron chi connectivity index (χ3n) is 2.67. The second kappa shape index (κ2) is 9.03. The van der Waals surface area contributed by atoms with E-state index in [1.807, 2.05) is 20.1 Å². The summed E-state index contributed by atoms with van der Waals surface area (Å²) in [5.41, 5.74) is 0. The molecular weight excluding hydrogens is 268 g/mol. The first kappa shape index (κ1) is 18.0. The molecule has 0 saturated heterocycles. The van der Waals surface area contributed by atoms with E-state index in [-0.39, 0.29) is 4.75 Å². The molecule has 0 bridgehead atoms. The lowest BCUT2D eigenvalue weighted by Gasteiger charge is -2.23. The van der Waals surface area contributed by atoms with E-state index in [0.717, 1.165) is 0 Å². The fraction of sp³-hybridized carbons (Fsp3) is 0.833. The molecule has 0 radical (unpaired) electrons. The number of carbonyl (C=O) groups excluding carboxylic acids is 1. The van der Waals surface area contributed by atoms with Crippen LogP contribution in [0.3, 0.4) is 0 Å². The molecule has 2 amide bonds. The van der Waals surface area contributed by atoms with Gasteiger partial charge in [-0.15, -0.1) is 0 Å². The topological polar surface area (TPSA) is 87.7 Å². The first-order valence-corrected chi connectivity index (χ1v) is 7.36. The Bertz CT molecular complexity index is 297. The average molecular weight is 292 g/mol. The Kier molecular flexibility index (Phi) is 8.58. The molecule has 0 aromatic heterocycles. The number of hydrogen-bond acceptors (Lipinski definition) is 4. The monoisotopic (exact) mass is 292 g/mol. The van der Waals surface area contributed by atoms with Crippen LogP contribution in [0.1, 0.15) is 26.7 Å². The van der Waals surface area contributed by atoms with Crippen molar-refractivity contribution in [2.24, 2.45) is 0 Å². The predicted molar refractivity (Wildman–Crippen MR) is 76.7 cm³/mol. The number of carboxylic acids is 1. The molecule has 0 rings (SSSR count). The van der Waals surface area contributed by atoms with Crippen molar-refractivity contribution >= 4 is 23.8 Å². The van der Waals surface area contributed by atoms with Crippen molar-refractivity contribution in [1.29, 1.82) is 0 Å². The summed E-state index contributed by atoms with van der Waals surface area (Å²) >= 11 is 1.64. The van der Waals surface area contributed by atoms with Gasteiger partial charge in [-0.1, -0.05) is 0 Å². The van der Waals surface area contributed by atoms with Gasteiger partial charge in [-0.2, -0.15) is 11.8 Å². The Morgan fingerprint density at radius 1 is 1.42 bits per heavy atom. The summed E-state index contributed by atoms with van der Waals surface area (Å²) in [6, 6.07) is -1.33. The second-order valence-corrected chi connectivity index (χ2v) is 6.33. The standard InChI is InChI=1S/C12H24N2O4S/c1-12(2,19-4)8-13-11(17)14-9(10(15)16)6-5-7-18-3/h9H,5-8H2,1-4H3,(H,15,16)(H2,13,14,17). The molecule has 1 unspecified atom stereocenters. The van der Waals surface area contributed by atoms with Crippen LogP contribution in [0, 0.1) is 0 Å². The van der Waals surface area contributed by atoms with Crippen LogP contribution in [0.4, 0.5) is 4.79 Å². The van der Waals surface area contributed by atoms with Crippen molar-refractivity contribution in [3.63, 3.8) is 0 Å². The van der Waals surface area contributed by atoms with Crippen molar-refractivity contribution in [2.45, 2.75) is 37.5 Å². The van der Waals surface area contributed by atoms with Gasteiger partial charge < -0.3 is 20.5 Å². The quantitative estimate of drug-likeness (QED) is 0.558. The molecule has 6 nitrogen and oxygen atoms in total. The predicted octanol–water partition coefficient (Wildman–Crippen LogP) is 1.31. The molecule has 0 aromatic rings. The Morgan fingerprint density at radius 3 is 2.53 bits per heavy atom. The van der Waals surface area contributed by atoms with Crippen LogP contribution >= 0.6 is 11.8 Å². The maximum absolute atomic E-state index is 11.6. The van der Waals surface area contributed by atoms with Gasteiger partial charge in [-0.3, -0.25) is 0 Å². The van der Waals surface area contributed by atoms with Gasteiger partial charge in [0.25, 0.3) is 0 Å². The number of urea groups is 1. The largest absolute Gasteiger partial charge is 0.480 e. The summed E-state index contributed by atoms with van der Waals surface area (Å²) in [7, 11) is 1.56. The number of carbonyl (C=O) groups is 2. The summed E-state index contributed by atoms with van der Waals surface area (Å²) < 4.78 is 4.78. The van der Waals surface area contributed by atoms with Crippen LogP contribution in [0.2, 0.25) is 0 Å². The Morgan fingerprint density at radius 2 is 2.05 bits per heavy atom. The van der Waals surface area contributed by atoms with Gasteiger partial charge in [-0.25, -0.2) is 9.59 Å². The number of hydrogen-bond donors (Lipinski definition) is 3. The van der Waals surface area contributed by atoms with Crippen LogP contribution in [-0.2, 0) is 9.53 Å². The van der Waals surface area contributed by atoms with Gasteiger partial charge in [0, 0.05) is 25.0 Å². The minimum atomic E-state index is -1.03. The Balaban J connectivity index is 4.13. The normalized spacial score (nSPS) is 12.8. The highest BCUT2D eigenvalue weighted by atomic mass is 32.2. The van der Waals surface area contributed by atoms with Crippen LogP contribution in [0.25, 0.3) is 0 Å². The molecule has 0 saturated carbocycles. The van der Waals surface area contributed by atoms with Gasteiger partial charge in [0.05, 0.1) is 0 Å². The van der Waals surface area contributed by atoms with E-state index in [0.29, 0.717) is 26.0 Å². The van der Waals surface area contributed by atoms with Crippen molar-refractivity contribution in [3.8, 4) is 0 Å². The minimum Gasteiger partial charge on any atom is -0.480 e. The van der Waals surface area contributed by atoms with Crippen molar-refractivity contribution < 1.29 is 19.4 Å². The molecular formula is C12H24N2O4S. The molecule has 0 aliphatic heterocycles. The van der Waals surface area contributed by atoms with Crippen molar-refractivity contribution in [1.82, 2.24) is 10.6 Å². The van der Waals surface area contributed by atoms with Gasteiger partial charge in [-0.05, 0) is 32.9 Å². The van der Waals surface area contributed by atoms with Gasteiger partial charge >= 0.3 is 12.0 Å². The van der Waals surface area contributed by atoms with Crippen LogP contribution in [0.5, 0.6) is 0 Å². The van der Waals surface area contributed by atoms with E-state index < -0.39 is 18.0 Å². The molecule has 0 aromatic carbocycles. The van der Waals surface area contributed by atoms with Gasteiger partial charge in [0.1, 0.15) is 6.04 Å². The number of nitrogens with one attached hydrogen (secondary N) is 2. The van der Waals surface area contributed by atoms with Crippen molar-refractivity contribution in [2.75, 3.05) is 26.5 Å². The van der Waals surface area contributed by atoms with Crippen molar-refractivity contribution in [3.05, 3.63) is 0 Å². The maximum Gasteiger partial charge on any atom is 0.326 e. The molecule has 0 aliphatic carbocycles. The van der Waals surface area contributed by atoms with Crippen LogP contribution in [-0.4, -0.2) is 54.4 Å². The zero-order valence-corrected chi connectivity index (χ0v) is 12.8. The smallest absolute Gasteiger partial charge is 0.326 e. The van der Waals surface area contributed by atoms with E-state index in [1.54, 1.807) is 18.9 Å². The number of carboxylic acid groups (broad SMARTS) is 1. The zero-order chi connectivity index (χ0) is 14.9. The highest BCUT2D eigenvalue weighted by molar-refractivity contribution is 7.99. The molecule has 1 atom stereocenters. The van der Waals surface area contributed by atoms with E-state index in [4.69, 9.17) is 9.84 Å². The number of methoxy groups -OCH3 is 1. The third-order valence-corrected chi connectivity index (χ3v) is 3.92. The van der Waals surface area contributed by atoms with E-state index >= 15 is 0 Å². The maximum atomic E-state index is 11.6. The number of rotatable bonds is 9. The summed E-state index contributed by atoms with van der Waals surface area (Å²) in [6.07, 6.45) is 2.90. The summed E-state index contributed by atoms with van der Waals surface area (Å²) in [6.45, 7) is 4.97. The summed E-state index contributed by atoms with van der Waals surface area (Å²) in [5.74, 6) is -1.03. The number of ether oxygens (including phenoxy) is 1. The molecule has 0 heterocycles. The average Bonchev–Trinajstić information content (AvgIpc) is 2.35. The fourth-order valence-corrected chi connectivity index (χ4v) is 1.48. The summed E-state index contributed by atoms with van der Waals surface area (Å²) in [4.78, 5) is 22.6. The molecule has 0 aliphatic rings. The number of amides is 2. The van der Waals surface area contributed by atoms with E-state index in [2.05, 4.69) is 10.6 Å². The third kappa shape index (κ3) is 8.72. The first-order valence-electron chi connectivity index (χ1n) is 6.13. The lowest BCUT2D eigenvalue weighted by atomic mass is 10.1. The van der Waals surface area contributed by atoms with Gasteiger partial charge in [0.2, 0.25) is 0 Å². The lowest BCUT2D eigenvalue weighted by molar-refractivity contribution is -0.139. The highest BCUT2D eigenvalue weighted by Gasteiger charge is 2.21. The van der Waals surface area contributed by atoms with Gasteiger partial charge in [0.15, 0.2) is 0 Å². The highest BCUT2D eigenvalue weighted by Crippen LogP contribution is 2.19. The Hall–Kier alpha value is -0.950. The summed E-state index contributed by atoms with van der Waals surface area (Å²) in [5, 5.41) is 14.2. The molecule has 0 fully saturated rings.